The average molecular weight is 371 g/mol. The summed E-state index contributed by atoms with van der Waals surface area (Å²) in [6.07, 6.45) is 9.90. The van der Waals surface area contributed by atoms with E-state index in [2.05, 4.69) is 30.0 Å². The van der Waals surface area contributed by atoms with Gasteiger partial charge in [0, 0.05) is 56.6 Å². The molecule has 0 radical (unpaired) electrons. The van der Waals surface area contributed by atoms with E-state index in [0.717, 1.165) is 62.9 Å². The highest BCUT2D eigenvalue weighted by atomic mass is 16.1. The standard InChI is InChI=1S/C19H29N7O/c1-2-26-17(22-23-19(26)27)16-7-6-8-24(14-16)13-15-11-20-18(21-12-15)25-9-4-3-5-10-25/h11-12,16H,2-10,13-14H2,1H3,(H,23,27). The highest BCUT2D eigenvalue weighted by Gasteiger charge is 2.26. The molecule has 1 unspecified atom stereocenters. The number of rotatable bonds is 5. The third kappa shape index (κ3) is 4.05. The molecule has 2 saturated heterocycles. The van der Waals surface area contributed by atoms with Gasteiger partial charge in [0.05, 0.1) is 0 Å². The number of hydrogen-bond acceptors (Lipinski definition) is 6. The molecule has 146 valence electrons. The predicted molar refractivity (Wildman–Crippen MR) is 104 cm³/mol. The van der Waals surface area contributed by atoms with E-state index < -0.39 is 0 Å². The monoisotopic (exact) mass is 371 g/mol. The lowest BCUT2D eigenvalue weighted by molar-refractivity contribution is 0.194. The van der Waals surface area contributed by atoms with Crippen LogP contribution in [0.4, 0.5) is 5.95 Å². The summed E-state index contributed by atoms with van der Waals surface area (Å²) in [5, 5.41) is 6.89. The van der Waals surface area contributed by atoms with Gasteiger partial charge in [-0.3, -0.25) is 9.47 Å². The van der Waals surface area contributed by atoms with E-state index in [4.69, 9.17) is 0 Å². The minimum Gasteiger partial charge on any atom is -0.341 e. The Hall–Kier alpha value is -2.22. The van der Waals surface area contributed by atoms with Crippen molar-refractivity contribution in [3.8, 4) is 0 Å². The largest absolute Gasteiger partial charge is 0.343 e. The quantitative estimate of drug-likeness (QED) is 0.862. The van der Waals surface area contributed by atoms with Gasteiger partial charge in [-0.25, -0.2) is 19.9 Å². The summed E-state index contributed by atoms with van der Waals surface area (Å²) in [6.45, 7) is 7.60. The van der Waals surface area contributed by atoms with Crippen molar-refractivity contribution in [2.24, 2.45) is 0 Å². The maximum absolute atomic E-state index is 11.9. The summed E-state index contributed by atoms with van der Waals surface area (Å²) in [5.41, 5.74) is 1.04. The number of hydrogen-bond donors (Lipinski definition) is 1. The highest BCUT2D eigenvalue weighted by molar-refractivity contribution is 5.30. The molecule has 0 amide bonds. The minimum atomic E-state index is -0.105. The van der Waals surface area contributed by atoms with Crippen molar-refractivity contribution < 1.29 is 0 Å². The Morgan fingerprint density at radius 1 is 1.11 bits per heavy atom. The van der Waals surface area contributed by atoms with Gasteiger partial charge in [-0.2, -0.15) is 5.10 Å². The SMILES string of the molecule is CCn1c(C2CCCN(Cc3cnc(N4CCCCC4)nc3)C2)n[nH]c1=O. The molecule has 2 fully saturated rings. The Morgan fingerprint density at radius 3 is 2.63 bits per heavy atom. The number of likely N-dealkylation sites (tertiary alicyclic amines) is 1. The van der Waals surface area contributed by atoms with E-state index in [0.29, 0.717) is 12.5 Å². The second-order valence-electron chi connectivity index (χ2n) is 7.64. The molecule has 27 heavy (non-hydrogen) atoms. The average Bonchev–Trinajstić information content (AvgIpc) is 3.10. The molecule has 0 aromatic carbocycles. The van der Waals surface area contributed by atoms with Gasteiger partial charge in [-0.1, -0.05) is 0 Å². The van der Waals surface area contributed by atoms with Gasteiger partial charge < -0.3 is 4.90 Å². The molecule has 1 atom stereocenters. The van der Waals surface area contributed by atoms with E-state index in [1.807, 2.05) is 19.3 Å². The lowest BCUT2D eigenvalue weighted by Crippen LogP contribution is -2.35. The molecule has 0 aliphatic carbocycles. The maximum atomic E-state index is 11.9. The molecular formula is C19H29N7O. The summed E-state index contributed by atoms with van der Waals surface area (Å²) in [5.74, 6) is 2.05. The van der Waals surface area contributed by atoms with Crippen molar-refractivity contribution in [1.29, 1.82) is 0 Å². The zero-order chi connectivity index (χ0) is 18.6. The summed E-state index contributed by atoms with van der Waals surface area (Å²) in [6, 6.07) is 0. The molecule has 2 aliphatic heterocycles. The van der Waals surface area contributed by atoms with Gasteiger partial charge in [-0.05, 0) is 45.6 Å². The van der Waals surface area contributed by atoms with Gasteiger partial charge >= 0.3 is 5.69 Å². The Balaban J connectivity index is 1.39. The van der Waals surface area contributed by atoms with Crippen LogP contribution in [0.1, 0.15) is 56.3 Å². The lowest BCUT2D eigenvalue weighted by atomic mass is 9.97. The molecule has 0 spiro atoms. The first kappa shape index (κ1) is 18.2. The molecule has 8 heteroatoms. The van der Waals surface area contributed by atoms with Crippen molar-refractivity contribution in [3.05, 3.63) is 34.3 Å². The molecular weight excluding hydrogens is 342 g/mol. The van der Waals surface area contributed by atoms with Crippen LogP contribution in [0.5, 0.6) is 0 Å². The number of nitrogens with one attached hydrogen (secondary N) is 1. The van der Waals surface area contributed by atoms with Crippen LogP contribution in [0.15, 0.2) is 17.2 Å². The smallest absolute Gasteiger partial charge is 0.341 e. The van der Waals surface area contributed by atoms with Gasteiger partial charge in [0.25, 0.3) is 0 Å². The zero-order valence-electron chi connectivity index (χ0n) is 16.1. The van der Waals surface area contributed by atoms with Crippen molar-refractivity contribution in [3.63, 3.8) is 0 Å². The molecule has 0 bridgehead atoms. The van der Waals surface area contributed by atoms with Crippen LogP contribution in [0, 0.1) is 0 Å². The predicted octanol–water partition coefficient (Wildman–Crippen LogP) is 1.75. The zero-order valence-corrected chi connectivity index (χ0v) is 16.1. The molecule has 4 rings (SSSR count). The molecule has 0 saturated carbocycles. The van der Waals surface area contributed by atoms with Crippen molar-refractivity contribution in [2.75, 3.05) is 31.1 Å². The normalized spacial score (nSPS) is 21.5. The Labute approximate surface area is 159 Å². The fourth-order valence-corrected chi connectivity index (χ4v) is 4.30. The van der Waals surface area contributed by atoms with Crippen LogP contribution in [0.25, 0.3) is 0 Å². The minimum absolute atomic E-state index is 0.105. The number of nitrogens with zero attached hydrogens (tertiary/aromatic N) is 6. The van der Waals surface area contributed by atoms with Crippen molar-refractivity contribution in [2.45, 2.75) is 58.0 Å². The first-order valence-electron chi connectivity index (χ1n) is 10.2. The molecule has 2 aromatic heterocycles. The first-order chi connectivity index (χ1) is 13.2. The van der Waals surface area contributed by atoms with E-state index in [9.17, 15) is 4.79 Å². The van der Waals surface area contributed by atoms with Gasteiger partial charge in [0.1, 0.15) is 5.82 Å². The van der Waals surface area contributed by atoms with Gasteiger partial charge in [0.2, 0.25) is 5.95 Å². The molecule has 2 aliphatic rings. The summed E-state index contributed by atoms with van der Waals surface area (Å²) < 4.78 is 1.75. The van der Waals surface area contributed by atoms with Crippen LogP contribution in [0.2, 0.25) is 0 Å². The Kier molecular flexibility index (Phi) is 5.52. The van der Waals surface area contributed by atoms with E-state index in [1.54, 1.807) is 4.57 Å². The third-order valence-electron chi connectivity index (χ3n) is 5.71. The number of H-pyrrole nitrogens is 1. The fraction of sp³-hybridized carbons (Fsp3) is 0.684. The molecule has 2 aromatic rings. The Morgan fingerprint density at radius 2 is 1.89 bits per heavy atom. The van der Waals surface area contributed by atoms with Crippen LogP contribution in [0.3, 0.4) is 0 Å². The molecule has 1 N–H and O–H groups in total. The van der Waals surface area contributed by atoms with Gasteiger partial charge in [0.15, 0.2) is 0 Å². The van der Waals surface area contributed by atoms with Gasteiger partial charge in [-0.15, -0.1) is 0 Å². The summed E-state index contributed by atoms with van der Waals surface area (Å²) in [4.78, 5) is 25.8. The highest BCUT2D eigenvalue weighted by Crippen LogP contribution is 2.26. The van der Waals surface area contributed by atoms with Crippen LogP contribution in [-0.4, -0.2) is 55.8 Å². The first-order valence-corrected chi connectivity index (χ1v) is 10.2. The molecule has 8 nitrogen and oxygen atoms in total. The third-order valence-corrected chi connectivity index (χ3v) is 5.71. The topological polar surface area (TPSA) is 82.9 Å². The number of aromatic amines is 1. The molecule has 4 heterocycles. The number of aromatic nitrogens is 5. The van der Waals surface area contributed by atoms with Crippen molar-refractivity contribution >= 4 is 5.95 Å². The van der Waals surface area contributed by atoms with Crippen LogP contribution >= 0.6 is 0 Å². The van der Waals surface area contributed by atoms with Crippen LogP contribution < -0.4 is 10.6 Å². The summed E-state index contributed by atoms with van der Waals surface area (Å²) in [7, 11) is 0. The number of piperidine rings is 2. The van der Waals surface area contributed by atoms with E-state index in [-0.39, 0.29) is 5.69 Å². The second kappa shape index (κ2) is 8.21. The van der Waals surface area contributed by atoms with Crippen molar-refractivity contribution in [1.82, 2.24) is 29.6 Å². The lowest BCUT2D eigenvalue weighted by Gasteiger charge is -2.32. The fourth-order valence-electron chi connectivity index (χ4n) is 4.30. The maximum Gasteiger partial charge on any atom is 0.343 e. The van der Waals surface area contributed by atoms with Crippen LogP contribution in [-0.2, 0) is 13.1 Å². The Bertz CT molecular complexity index is 791. The number of anilines is 1. The van der Waals surface area contributed by atoms with E-state index >= 15 is 0 Å². The summed E-state index contributed by atoms with van der Waals surface area (Å²) >= 11 is 0. The second-order valence-corrected chi connectivity index (χ2v) is 7.64. The van der Waals surface area contributed by atoms with E-state index in [1.165, 1.54) is 19.3 Å².